The highest BCUT2D eigenvalue weighted by Crippen LogP contribution is 2.57. The highest BCUT2D eigenvalue weighted by Gasteiger charge is 2.64. The fourth-order valence-electron chi connectivity index (χ4n) is 4.18. The number of carbonyl (C=O) groups is 2. The van der Waals surface area contributed by atoms with Crippen molar-refractivity contribution in [3.8, 4) is 0 Å². The zero-order valence-corrected chi connectivity index (χ0v) is 10.7. The molecule has 7 atom stereocenters. The first-order chi connectivity index (χ1) is 8.50. The van der Waals surface area contributed by atoms with E-state index in [-0.39, 0.29) is 35.5 Å². The molecule has 0 aromatic carbocycles. The second kappa shape index (κ2) is 3.09. The second-order valence-corrected chi connectivity index (χ2v) is 6.80. The molecule has 0 aromatic heterocycles. The van der Waals surface area contributed by atoms with Gasteiger partial charge in [-0.25, -0.2) is 0 Å². The first-order valence-electron chi connectivity index (χ1n) is 6.92. The van der Waals surface area contributed by atoms with Gasteiger partial charge in [0.1, 0.15) is 12.2 Å². The standard InChI is InChI=1S/C14H18O4/c1-6-5-14(6,2)13(16)18-10-7-3-8-9(4-7)12(15)17-11(8)10/h6-11H,3-5H2,1-2H3. The average Bonchev–Trinajstić information content (AvgIpc) is 2.69. The molecule has 18 heavy (non-hydrogen) atoms. The highest BCUT2D eigenvalue weighted by atomic mass is 16.6. The van der Waals surface area contributed by atoms with Gasteiger partial charge in [-0.15, -0.1) is 0 Å². The summed E-state index contributed by atoms with van der Waals surface area (Å²) >= 11 is 0. The van der Waals surface area contributed by atoms with Crippen LogP contribution in [0.2, 0.25) is 0 Å². The van der Waals surface area contributed by atoms with E-state index in [4.69, 9.17) is 9.47 Å². The van der Waals surface area contributed by atoms with Crippen LogP contribution in [0, 0.1) is 29.1 Å². The first-order valence-corrected chi connectivity index (χ1v) is 6.92. The Hall–Kier alpha value is -1.06. The van der Waals surface area contributed by atoms with Crippen molar-refractivity contribution in [1.82, 2.24) is 0 Å². The second-order valence-electron chi connectivity index (χ2n) is 6.80. The third-order valence-corrected chi connectivity index (χ3v) is 5.78. The van der Waals surface area contributed by atoms with Crippen LogP contribution < -0.4 is 0 Å². The van der Waals surface area contributed by atoms with Crippen LogP contribution >= 0.6 is 0 Å². The van der Waals surface area contributed by atoms with E-state index < -0.39 is 0 Å². The molecule has 3 aliphatic carbocycles. The molecular formula is C14H18O4. The lowest BCUT2D eigenvalue weighted by Gasteiger charge is -2.26. The Morgan fingerprint density at radius 3 is 2.83 bits per heavy atom. The summed E-state index contributed by atoms with van der Waals surface area (Å²) in [5.41, 5.74) is -0.288. The van der Waals surface area contributed by atoms with Crippen molar-refractivity contribution in [3.05, 3.63) is 0 Å². The quantitative estimate of drug-likeness (QED) is 0.697. The third-order valence-electron chi connectivity index (χ3n) is 5.78. The molecule has 1 saturated heterocycles. The van der Waals surface area contributed by atoms with Gasteiger partial charge in [0.15, 0.2) is 0 Å². The van der Waals surface area contributed by atoms with Gasteiger partial charge in [-0.05, 0) is 32.1 Å². The predicted molar refractivity (Wildman–Crippen MR) is 61.4 cm³/mol. The number of hydrogen-bond acceptors (Lipinski definition) is 4. The van der Waals surface area contributed by atoms with E-state index in [9.17, 15) is 9.59 Å². The van der Waals surface area contributed by atoms with Crippen molar-refractivity contribution in [2.75, 3.05) is 0 Å². The largest absolute Gasteiger partial charge is 0.458 e. The molecule has 0 amide bonds. The number of ether oxygens (including phenoxy) is 2. The highest BCUT2D eigenvalue weighted by molar-refractivity contribution is 5.81. The average molecular weight is 250 g/mol. The zero-order valence-electron chi connectivity index (χ0n) is 10.7. The van der Waals surface area contributed by atoms with Gasteiger partial charge in [-0.3, -0.25) is 9.59 Å². The lowest BCUT2D eigenvalue weighted by molar-refractivity contribution is -0.167. The Morgan fingerprint density at radius 2 is 2.17 bits per heavy atom. The van der Waals surface area contributed by atoms with Gasteiger partial charge < -0.3 is 9.47 Å². The Morgan fingerprint density at radius 1 is 1.44 bits per heavy atom. The van der Waals surface area contributed by atoms with Crippen LogP contribution in [0.3, 0.4) is 0 Å². The fraction of sp³-hybridized carbons (Fsp3) is 0.857. The van der Waals surface area contributed by atoms with Crippen LogP contribution in [-0.2, 0) is 19.1 Å². The van der Waals surface area contributed by atoms with E-state index in [1.165, 1.54) is 0 Å². The first kappa shape index (κ1) is 10.8. The molecule has 7 unspecified atom stereocenters. The van der Waals surface area contributed by atoms with Crippen molar-refractivity contribution in [3.63, 3.8) is 0 Å². The van der Waals surface area contributed by atoms with Crippen molar-refractivity contribution in [2.45, 2.75) is 45.3 Å². The van der Waals surface area contributed by atoms with Gasteiger partial charge in [0, 0.05) is 11.8 Å². The minimum atomic E-state index is -0.288. The number of fused-ring (bicyclic) bond motifs is 1. The Kier molecular flexibility index (Phi) is 1.86. The van der Waals surface area contributed by atoms with Crippen LogP contribution in [0.4, 0.5) is 0 Å². The summed E-state index contributed by atoms with van der Waals surface area (Å²) < 4.78 is 11.1. The monoisotopic (exact) mass is 250 g/mol. The maximum atomic E-state index is 12.2. The maximum Gasteiger partial charge on any atom is 0.312 e. The molecule has 4 heteroatoms. The lowest BCUT2D eigenvalue weighted by atomic mass is 9.88. The molecule has 98 valence electrons. The van der Waals surface area contributed by atoms with Gasteiger partial charge in [0.05, 0.1) is 11.3 Å². The molecule has 1 heterocycles. The molecule has 0 radical (unpaired) electrons. The number of rotatable bonds is 2. The lowest BCUT2D eigenvalue weighted by Crippen LogP contribution is -2.37. The summed E-state index contributed by atoms with van der Waals surface area (Å²) in [6, 6.07) is 0. The minimum Gasteiger partial charge on any atom is -0.458 e. The molecule has 2 bridgehead atoms. The SMILES string of the molecule is CC1CC1(C)C(=O)OC1C2CC3C(=O)OC1C3C2. The van der Waals surface area contributed by atoms with Crippen LogP contribution in [0.1, 0.15) is 33.1 Å². The number of esters is 2. The van der Waals surface area contributed by atoms with Crippen molar-refractivity contribution in [2.24, 2.45) is 29.1 Å². The summed E-state index contributed by atoms with van der Waals surface area (Å²) in [5, 5.41) is 0. The maximum absolute atomic E-state index is 12.2. The summed E-state index contributed by atoms with van der Waals surface area (Å²) in [4.78, 5) is 23.8. The summed E-state index contributed by atoms with van der Waals surface area (Å²) in [7, 11) is 0. The van der Waals surface area contributed by atoms with E-state index in [1.54, 1.807) is 0 Å². The summed E-state index contributed by atoms with van der Waals surface area (Å²) in [6.45, 7) is 4.05. The van der Waals surface area contributed by atoms with E-state index in [2.05, 4.69) is 6.92 Å². The molecule has 4 nitrogen and oxygen atoms in total. The summed E-state index contributed by atoms with van der Waals surface area (Å²) in [5.74, 6) is 1.000. The van der Waals surface area contributed by atoms with E-state index in [0.717, 1.165) is 19.3 Å². The van der Waals surface area contributed by atoms with E-state index in [1.807, 2.05) is 6.92 Å². The van der Waals surface area contributed by atoms with Crippen LogP contribution in [-0.4, -0.2) is 24.1 Å². The van der Waals surface area contributed by atoms with Crippen molar-refractivity contribution < 1.29 is 19.1 Å². The van der Waals surface area contributed by atoms with Gasteiger partial charge >= 0.3 is 11.9 Å². The van der Waals surface area contributed by atoms with Crippen molar-refractivity contribution >= 4 is 11.9 Å². The summed E-state index contributed by atoms with van der Waals surface area (Å²) in [6.07, 6.45) is 2.44. The topological polar surface area (TPSA) is 52.6 Å². The molecule has 0 spiro atoms. The van der Waals surface area contributed by atoms with Gasteiger partial charge in [0.25, 0.3) is 0 Å². The van der Waals surface area contributed by atoms with Gasteiger partial charge in [-0.1, -0.05) is 6.92 Å². The minimum absolute atomic E-state index is 0.0722. The van der Waals surface area contributed by atoms with Gasteiger partial charge in [-0.2, -0.15) is 0 Å². The molecule has 0 aromatic rings. The molecule has 0 N–H and O–H groups in total. The fourth-order valence-corrected chi connectivity index (χ4v) is 4.18. The van der Waals surface area contributed by atoms with Crippen LogP contribution in [0.25, 0.3) is 0 Å². The van der Waals surface area contributed by atoms with E-state index >= 15 is 0 Å². The Bertz CT molecular complexity index is 445. The zero-order chi connectivity index (χ0) is 12.7. The normalized spacial score (nSPS) is 55.6. The molecule has 4 rings (SSSR count). The van der Waals surface area contributed by atoms with Crippen LogP contribution in [0.15, 0.2) is 0 Å². The third kappa shape index (κ3) is 1.16. The molecular weight excluding hydrogens is 232 g/mol. The predicted octanol–water partition coefficient (Wildman–Crippen LogP) is 1.53. The number of carbonyl (C=O) groups excluding carboxylic acids is 2. The smallest absolute Gasteiger partial charge is 0.312 e. The molecule has 1 aliphatic heterocycles. The molecule has 4 aliphatic rings. The van der Waals surface area contributed by atoms with Crippen LogP contribution in [0.5, 0.6) is 0 Å². The molecule has 3 saturated carbocycles. The Labute approximate surface area is 106 Å². The van der Waals surface area contributed by atoms with Crippen molar-refractivity contribution in [1.29, 1.82) is 0 Å². The van der Waals surface area contributed by atoms with E-state index in [0.29, 0.717) is 17.8 Å². The number of hydrogen-bond donors (Lipinski definition) is 0. The van der Waals surface area contributed by atoms with Gasteiger partial charge in [0.2, 0.25) is 0 Å². The Balaban J connectivity index is 1.51. The molecule has 4 fully saturated rings.